The van der Waals surface area contributed by atoms with Crippen molar-refractivity contribution in [1.29, 1.82) is 0 Å². The van der Waals surface area contributed by atoms with Gasteiger partial charge in [-0.05, 0) is 45.9 Å². The Morgan fingerprint density at radius 1 is 0.596 bits per heavy atom. The van der Waals surface area contributed by atoms with Gasteiger partial charge in [-0.2, -0.15) is 0 Å². The van der Waals surface area contributed by atoms with Crippen LogP contribution in [-0.2, 0) is 25.2 Å². The molecule has 2 aliphatic carbocycles. The number of aryl methyl sites for hydroxylation is 1. The zero-order valence-corrected chi connectivity index (χ0v) is 25.4. The minimum absolute atomic E-state index is 0.157. The molecular formula is C40H28N2O5. The van der Waals surface area contributed by atoms with Crippen molar-refractivity contribution in [1.82, 2.24) is 0 Å². The lowest BCUT2D eigenvalue weighted by atomic mass is 9.59. The fourth-order valence-electron chi connectivity index (χ4n) is 8.52. The molecule has 0 spiro atoms. The number of benzene rings is 5. The minimum atomic E-state index is -1.54. The van der Waals surface area contributed by atoms with Crippen LogP contribution in [0.2, 0.25) is 0 Å². The average molecular weight is 617 g/mol. The van der Waals surface area contributed by atoms with Crippen LogP contribution in [0.1, 0.15) is 27.8 Å². The van der Waals surface area contributed by atoms with E-state index in [1.165, 1.54) is 12.1 Å². The van der Waals surface area contributed by atoms with Gasteiger partial charge in [0.2, 0.25) is 11.8 Å². The van der Waals surface area contributed by atoms with Crippen LogP contribution < -0.4 is 4.90 Å². The molecule has 3 aliphatic rings. The van der Waals surface area contributed by atoms with E-state index in [-0.39, 0.29) is 17.2 Å². The minimum Gasteiger partial charge on any atom is -0.297 e. The molecule has 47 heavy (non-hydrogen) atoms. The summed E-state index contributed by atoms with van der Waals surface area (Å²) < 4.78 is 0. The van der Waals surface area contributed by atoms with Gasteiger partial charge in [0.05, 0.1) is 33.3 Å². The number of hydrogen-bond acceptors (Lipinski definition) is 5. The normalized spacial score (nSPS) is 24.6. The van der Waals surface area contributed by atoms with E-state index in [1.807, 2.05) is 121 Å². The first-order chi connectivity index (χ1) is 22.8. The number of ketones is 1. The number of carbonyl (C=O) groups is 3. The summed E-state index contributed by atoms with van der Waals surface area (Å²) in [6.07, 6.45) is 0. The number of rotatable bonds is 6. The smallest absolute Gasteiger partial charge is 0.271 e. The Morgan fingerprint density at radius 2 is 1.00 bits per heavy atom. The van der Waals surface area contributed by atoms with Crippen molar-refractivity contribution in [2.45, 2.75) is 17.8 Å². The zero-order chi connectivity index (χ0) is 32.5. The van der Waals surface area contributed by atoms with Gasteiger partial charge >= 0.3 is 0 Å². The number of anilines is 1. The Labute approximate surface area is 270 Å². The molecule has 2 bridgehead atoms. The van der Waals surface area contributed by atoms with Crippen LogP contribution in [0.4, 0.5) is 11.4 Å². The molecule has 2 fully saturated rings. The number of nitro groups is 1. The summed E-state index contributed by atoms with van der Waals surface area (Å²) in [7, 11) is 0. The Morgan fingerprint density at radius 3 is 1.40 bits per heavy atom. The molecule has 8 rings (SSSR count). The molecule has 0 unspecified atom stereocenters. The molecule has 0 N–H and O–H groups in total. The fraction of sp³-hybridized carbons (Fsp3) is 0.125. The maximum absolute atomic E-state index is 15.9. The van der Waals surface area contributed by atoms with Gasteiger partial charge < -0.3 is 0 Å². The molecule has 1 saturated heterocycles. The first kappa shape index (κ1) is 28.5. The van der Waals surface area contributed by atoms with Crippen LogP contribution in [0.5, 0.6) is 0 Å². The first-order valence-corrected chi connectivity index (χ1v) is 15.5. The monoisotopic (exact) mass is 616 g/mol. The first-order valence-electron chi connectivity index (χ1n) is 15.5. The van der Waals surface area contributed by atoms with Gasteiger partial charge in [0.25, 0.3) is 5.69 Å². The summed E-state index contributed by atoms with van der Waals surface area (Å²) in [5, 5.41) is 11.8. The molecule has 0 aromatic heterocycles. The summed E-state index contributed by atoms with van der Waals surface area (Å²) in [6, 6.07) is 42.0. The second-order valence-electron chi connectivity index (χ2n) is 12.4. The molecule has 5 aromatic carbocycles. The number of amides is 2. The van der Waals surface area contributed by atoms with Gasteiger partial charge in [0, 0.05) is 12.1 Å². The summed E-state index contributed by atoms with van der Waals surface area (Å²) >= 11 is 0. The molecule has 1 saturated carbocycles. The second kappa shape index (κ2) is 10.3. The molecule has 228 valence electrons. The van der Waals surface area contributed by atoms with Gasteiger partial charge in [0.1, 0.15) is 0 Å². The third-order valence-corrected chi connectivity index (χ3v) is 10.2. The number of carbonyl (C=O) groups excluding carboxylic acids is 3. The molecule has 7 heteroatoms. The third-order valence-electron chi connectivity index (χ3n) is 10.2. The van der Waals surface area contributed by atoms with Crippen LogP contribution in [0, 0.1) is 28.9 Å². The Bertz CT molecular complexity index is 2030. The van der Waals surface area contributed by atoms with Crippen molar-refractivity contribution in [3.05, 3.63) is 177 Å². The highest BCUT2D eigenvalue weighted by Crippen LogP contribution is 2.74. The van der Waals surface area contributed by atoms with Gasteiger partial charge in [-0.3, -0.25) is 24.5 Å². The lowest BCUT2D eigenvalue weighted by Gasteiger charge is -2.39. The van der Waals surface area contributed by atoms with Crippen LogP contribution in [0.15, 0.2) is 140 Å². The van der Waals surface area contributed by atoms with Crippen molar-refractivity contribution >= 4 is 40.1 Å². The summed E-state index contributed by atoms with van der Waals surface area (Å²) in [5.74, 6) is -3.51. The lowest BCUT2D eigenvalue weighted by molar-refractivity contribution is -0.384. The van der Waals surface area contributed by atoms with E-state index in [1.54, 1.807) is 13.0 Å². The highest BCUT2D eigenvalue weighted by Gasteiger charge is 2.82. The van der Waals surface area contributed by atoms with Gasteiger partial charge in [-0.15, -0.1) is 0 Å². The standard InChI is InChI=1S/C40H28N2O5/c1-25-22-23-30(42(46)47)24-31(25)41-36(43)34-35(37(41)44)40(29-20-12-5-13-21-29)33(27-16-8-3-9-17-27)32(26-14-6-2-7-15-26)39(34,38(40)45)28-18-10-4-11-19-28/h2-24,34-35H,1H3/t34-,35-,39-,40-/m0/s1. The van der Waals surface area contributed by atoms with Crippen molar-refractivity contribution in [3.63, 3.8) is 0 Å². The number of non-ortho nitro benzene ring substituents is 1. The highest BCUT2D eigenvalue weighted by molar-refractivity contribution is 6.39. The lowest BCUT2D eigenvalue weighted by Crippen LogP contribution is -2.45. The number of hydrogen-bond donors (Lipinski definition) is 0. The summed E-state index contributed by atoms with van der Waals surface area (Å²) in [4.78, 5) is 58.5. The van der Waals surface area contributed by atoms with Crippen molar-refractivity contribution in [2.75, 3.05) is 4.90 Å². The number of nitrogens with zero attached hydrogens (tertiary/aromatic N) is 2. The van der Waals surface area contributed by atoms with E-state index in [9.17, 15) is 10.1 Å². The molecule has 1 aliphatic heterocycles. The van der Waals surface area contributed by atoms with Crippen LogP contribution in [0.3, 0.4) is 0 Å². The van der Waals surface area contributed by atoms with Crippen molar-refractivity contribution in [2.24, 2.45) is 11.8 Å². The van der Waals surface area contributed by atoms with Crippen LogP contribution >= 0.6 is 0 Å². The number of imide groups is 1. The van der Waals surface area contributed by atoms with E-state index in [0.717, 1.165) is 16.0 Å². The number of Topliss-reactive ketones (excluding diaryl/α,β-unsaturated/α-hetero) is 1. The van der Waals surface area contributed by atoms with E-state index >= 15 is 14.4 Å². The molecule has 1 heterocycles. The van der Waals surface area contributed by atoms with E-state index in [2.05, 4.69) is 0 Å². The fourth-order valence-corrected chi connectivity index (χ4v) is 8.52. The predicted molar refractivity (Wildman–Crippen MR) is 178 cm³/mol. The molecule has 5 aromatic rings. The number of allylic oxidation sites excluding steroid dienone is 2. The van der Waals surface area contributed by atoms with E-state index in [4.69, 9.17) is 0 Å². The van der Waals surface area contributed by atoms with Gasteiger partial charge in [-0.25, -0.2) is 4.90 Å². The van der Waals surface area contributed by atoms with E-state index in [0.29, 0.717) is 27.8 Å². The Hall–Kier alpha value is -5.95. The topological polar surface area (TPSA) is 97.6 Å². The van der Waals surface area contributed by atoms with Crippen molar-refractivity contribution < 1.29 is 19.3 Å². The largest absolute Gasteiger partial charge is 0.297 e. The second-order valence-corrected chi connectivity index (χ2v) is 12.4. The average Bonchev–Trinajstić information content (AvgIpc) is 3.62. The third kappa shape index (κ3) is 3.59. The SMILES string of the molecule is Cc1ccc([N+](=O)[O-])cc1N1C(=O)[C@@H]2[C@@H](C1=O)[C@@]1(c3ccccc3)C(=O)[C@@]2(c2ccccc2)C(c2ccccc2)=C1c1ccccc1. The number of fused-ring (bicyclic) bond motifs is 5. The quantitative estimate of drug-likeness (QED) is 0.115. The predicted octanol–water partition coefficient (Wildman–Crippen LogP) is 7.09. The maximum atomic E-state index is 15.9. The molecule has 7 nitrogen and oxygen atoms in total. The summed E-state index contributed by atoms with van der Waals surface area (Å²) in [6.45, 7) is 1.72. The van der Waals surface area contributed by atoms with Crippen LogP contribution in [0.25, 0.3) is 11.1 Å². The van der Waals surface area contributed by atoms with Crippen LogP contribution in [-0.4, -0.2) is 22.5 Å². The maximum Gasteiger partial charge on any atom is 0.271 e. The van der Waals surface area contributed by atoms with E-state index < -0.39 is 39.4 Å². The van der Waals surface area contributed by atoms with Gasteiger partial charge in [0.15, 0.2) is 5.78 Å². The van der Waals surface area contributed by atoms with Gasteiger partial charge in [-0.1, -0.05) is 127 Å². The molecule has 0 radical (unpaired) electrons. The Kier molecular flexibility index (Phi) is 6.24. The van der Waals surface area contributed by atoms with Crippen molar-refractivity contribution in [3.8, 4) is 0 Å². The molecule has 2 amide bonds. The molecular weight excluding hydrogens is 588 g/mol. The summed E-state index contributed by atoms with van der Waals surface area (Å²) in [5.41, 5.74) is 1.61. The Balaban J connectivity index is 1.54. The molecule has 4 atom stereocenters. The number of nitro benzene ring substituents is 1. The zero-order valence-electron chi connectivity index (χ0n) is 25.4. The highest BCUT2D eigenvalue weighted by atomic mass is 16.6.